The van der Waals surface area contributed by atoms with Crippen LogP contribution in [0.5, 0.6) is 0 Å². The van der Waals surface area contributed by atoms with Crippen molar-refractivity contribution in [2.75, 3.05) is 20.8 Å². The molecule has 0 aromatic carbocycles. The van der Waals surface area contributed by atoms with Crippen LogP contribution >= 0.6 is 0 Å². The predicted octanol–water partition coefficient (Wildman–Crippen LogP) is 0.938. The number of methoxy groups -OCH3 is 2. The van der Waals surface area contributed by atoms with Crippen LogP contribution in [-0.4, -0.2) is 38.4 Å². The average Bonchev–Trinajstić information content (AvgIpc) is 2.44. The monoisotopic (exact) mass is 278 g/mol. The molecule has 4 atom stereocenters. The Kier molecular flexibility index (Phi) is 3.90. The van der Waals surface area contributed by atoms with Crippen molar-refractivity contribution in [2.24, 2.45) is 23.2 Å². The third-order valence-corrected chi connectivity index (χ3v) is 4.23. The smallest absolute Gasteiger partial charge is 0.321 e. The Morgan fingerprint density at radius 2 is 1.95 bits per heavy atom. The fourth-order valence-electron chi connectivity index (χ4n) is 3.35. The minimum atomic E-state index is -1.50. The first-order valence-corrected chi connectivity index (χ1v) is 6.52. The summed E-state index contributed by atoms with van der Waals surface area (Å²) in [6.45, 7) is 2.01. The van der Waals surface area contributed by atoms with Crippen LogP contribution in [0.25, 0.3) is 0 Å². The van der Waals surface area contributed by atoms with Gasteiger partial charge in [0.25, 0.3) is 0 Å². The van der Waals surface area contributed by atoms with E-state index >= 15 is 0 Å². The van der Waals surface area contributed by atoms with Crippen LogP contribution in [0, 0.1) is 23.2 Å². The van der Waals surface area contributed by atoms with Gasteiger partial charge in [0.05, 0.1) is 19.6 Å². The van der Waals surface area contributed by atoms with Gasteiger partial charge in [0.1, 0.15) is 5.41 Å². The van der Waals surface area contributed by atoms with Gasteiger partial charge in [-0.05, 0) is 18.1 Å². The minimum Gasteiger partial charge on any atom is -0.468 e. The van der Waals surface area contributed by atoms with Crippen molar-refractivity contribution in [1.82, 2.24) is 0 Å². The molecule has 0 saturated carbocycles. The number of hydrogen-bond acceptors (Lipinski definition) is 5. The van der Waals surface area contributed by atoms with Gasteiger partial charge in [0.15, 0.2) is 11.6 Å². The highest BCUT2D eigenvalue weighted by atomic mass is 16.5. The van der Waals surface area contributed by atoms with E-state index in [0.717, 1.165) is 0 Å². The van der Waals surface area contributed by atoms with E-state index in [1.165, 1.54) is 26.4 Å². The van der Waals surface area contributed by atoms with E-state index in [2.05, 4.69) is 0 Å². The molecule has 0 saturated heterocycles. The molecule has 0 heterocycles. The summed E-state index contributed by atoms with van der Waals surface area (Å²) in [5, 5.41) is 0. The van der Waals surface area contributed by atoms with Crippen LogP contribution in [0.3, 0.4) is 0 Å². The molecule has 0 spiro atoms. The van der Waals surface area contributed by atoms with Crippen LogP contribution in [0.1, 0.15) is 6.92 Å². The third kappa shape index (κ3) is 1.85. The Balaban J connectivity index is 2.66. The molecule has 20 heavy (non-hydrogen) atoms. The molecule has 2 rings (SSSR count). The Morgan fingerprint density at radius 1 is 1.25 bits per heavy atom. The third-order valence-electron chi connectivity index (χ3n) is 4.23. The number of rotatable bonds is 3. The molecule has 0 bridgehead atoms. The van der Waals surface area contributed by atoms with Crippen LogP contribution in [0.4, 0.5) is 0 Å². The molecule has 0 fully saturated rings. The second kappa shape index (κ2) is 5.32. The summed E-state index contributed by atoms with van der Waals surface area (Å²) in [4.78, 5) is 37.1. The molecule has 108 valence electrons. The zero-order valence-corrected chi connectivity index (χ0v) is 11.8. The lowest BCUT2D eigenvalue weighted by molar-refractivity contribution is -0.170. The Hall–Kier alpha value is -1.75. The Bertz CT molecular complexity index is 504. The van der Waals surface area contributed by atoms with Crippen molar-refractivity contribution < 1.29 is 23.9 Å². The molecule has 0 aliphatic heterocycles. The molecule has 1 unspecified atom stereocenters. The maximum absolute atomic E-state index is 12.5. The summed E-state index contributed by atoms with van der Waals surface area (Å²) in [5.41, 5.74) is -1.50. The highest BCUT2D eigenvalue weighted by molar-refractivity contribution is 6.19. The summed E-state index contributed by atoms with van der Waals surface area (Å²) in [7, 11) is 2.73. The van der Waals surface area contributed by atoms with Crippen LogP contribution in [0.15, 0.2) is 24.3 Å². The zero-order valence-electron chi connectivity index (χ0n) is 11.8. The minimum absolute atomic E-state index is 0.182. The van der Waals surface area contributed by atoms with E-state index in [-0.39, 0.29) is 24.1 Å². The van der Waals surface area contributed by atoms with E-state index in [1.807, 2.05) is 13.0 Å². The van der Waals surface area contributed by atoms with Crippen LogP contribution < -0.4 is 0 Å². The molecule has 0 aromatic rings. The summed E-state index contributed by atoms with van der Waals surface area (Å²) < 4.78 is 9.98. The number of ketones is 2. The number of hydrogen-bond donors (Lipinski definition) is 0. The molecule has 5 heteroatoms. The van der Waals surface area contributed by atoms with Crippen molar-refractivity contribution in [3.8, 4) is 0 Å². The molecule has 0 radical (unpaired) electrons. The van der Waals surface area contributed by atoms with Crippen LogP contribution in [-0.2, 0) is 23.9 Å². The first-order valence-electron chi connectivity index (χ1n) is 6.52. The van der Waals surface area contributed by atoms with E-state index in [9.17, 15) is 14.4 Å². The van der Waals surface area contributed by atoms with Gasteiger partial charge in [-0.1, -0.05) is 19.1 Å². The maximum Gasteiger partial charge on any atom is 0.321 e. The summed E-state index contributed by atoms with van der Waals surface area (Å²) >= 11 is 0. The quantitative estimate of drug-likeness (QED) is 0.436. The fraction of sp³-hybridized carbons (Fsp3) is 0.533. The van der Waals surface area contributed by atoms with Gasteiger partial charge in [-0.3, -0.25) is 14.4 Å². The van der Waals surface area contributed by atoms with Crippen molar-refractivity contribution in [3.05, 3.63) is 24.3 Å². The molecule has 0 aromatic heterocycles. The van der Waals surface area contributed by atoms with E-state index in [0.29, 0.717) is 0 Å². The van der Waals surface area contributed by atoms with Crippen LogP contribution in [0.2, 0.25) is 0 Å². The number of fused-ring (bicyclic) bond motifs is 1. The number of carbonyl (C=O) groups is 3. The van der Waals surface area contributed by atoms with Gasteiger partial charge in [0.2, 0.25) is 0 Å². The fourth-order valence-corrected chi connectivity index (χ4v) is 3.35. The van der Waals surface area contributed by atoms with E-state index in [4.69, 9.17) is 9.47 Å². The largest absolute Gasteiger partial charge is 0.468 e. The lowest BCUT2D eigenvalue weighted by atomic mass is 9.54. The molecular formula is C15H18O5. The first-order chi connectivity index (χ1) is 9.49. The standard InChI is InChI=1S/C15H18O5/c1-9-4-5-10(8-19-2)15(14(18)20-3)12(17)7-6-11(16)13(9)15/h4-7,9-10,13H,8H2,1-3H3/t9-,10-,13?,15+/m1/s1. The molecule has 5 nitrogen and oxygen atoms in total. The first kappa shape index (κ1) is 14.7. The zero-order chi connectivity index (χ0) is 14.9. The van der Waals surface area contributed by atoms with Gasteiger partial charge in [0, 0.05) is 13.0 Å². The predicted molar refractivity (Wildman–Crippen MR) is 70.8 cm³/mol. The lowest BCUT2D eigenvalue weighted by Crippen LogP contribution is -2.58. The topological polar surface area (TPSA) is 69.7 Å². The van der Waals surface area contributed by atoms with Gasteiger partial charge in [-0.15, -0.1) is 0 Å². The number of allylic oxidation sites excluding steroid dienone is 3. The normalized spacial score (nSPS) is 35.9. The van der Waals surface area contributed by atoms with Gasteiger partial charge in [-0.25, -0.2) is 0 Å². The summed E-state index contributed by atoms with van der Waals surface area (Å²) in [6, 6.07) is 0. The highest BCUT2D eigenvalue weighted by Crippen LogP contribution is 2.49. The number of carbonyl (C=O) groups excluding carboxylic acids is 3. The van der Waals surface area contributed by atoms with Gasteiger partial charge < -0.3 is 9.47 Å². The second-order valence-corrected chi connectivity index (χ2v) is 5.24. The maximum atomic E-state index is 12.5. The van der Waals surface area contributed by atoms with E-state index in [1.54, 1.807) is 6.08 Å². The SMILES string of the molecule is COC[C@H]1C=C[C@@H](C)C2C(=O)C=CC(=O)[C@]21C(=O)OC. The Labute approximate surface area is 117 Å². The number of ether oxygens (including phenoxy) is 2. The molecule has 0 amide bonds. The highest BCUT2D eigenvalue weighted by Gasteiger charge is 2.62. The van der Waals surface area contributed by atoms with E-state index < -0.39 is 23.2 Å². The van der Waals surface area contributed by atoms with Crippen molar-refractivity contribution in [1.29, 1.82) is 0 Å². The van der Waals surface area contributed by atoms with Crippen molar-refractivity contribution >= 4 is 17.5 Å². The van der Waals surface area contributed by atoms with Gasteiger partial charge in [-0.2, -0.15) is 0 Å². The van der Waals surface area contributed by atoms with Gasteiger partial charge >= 0.3 is 5.97 Å². The molecule has 0 N–H and O–H groups in total. The Morgan fingerprint density at radius 3 is 2.55 bits per heavy atom. The molecule has 2 aliphatic carbocycles. The molecule has 2 aliphatic rings. The lowest BCUT2D eigenvalue weighted by Gasteiger charge is -2.45. The number of esters is 1. The van der Waals surface area contributed by atoms with Crippen molar-refractivity contribution in [3.63, 3.8) is 0 Å². The summed E-state index contributed by atoms with van der Waals surface area (Å²) in [6.07, 6.45) is 6.09. The summed E-state index contributed by atoms with van der Waals surface area (Å²) in [5.74, 6) is -2.69. The van der Waals surface area contributed by atoms with Crippen molar-refractivity contribution in [2.45, 2.75) is 6.92 Å². The second-order valence-electron chi connectivity index (χ2n) is 5.24. The molecular weight excluding hydrogens is 260 g/mol. The average molecular weight is 278 g/mol.